The van der Waals surface area contributed by atoms with Crippen molar-refractivity contribution in [1.29, 1.82) is 0 Å². The highest BCUT2D eigenvalue weighted by Gasteiger charge is 2.26. The van der Waals surface area contributed by atoms with Crippen LogP contribution < -0.4 is 5.32 Å². The van der Waals surface area contributed by atoms with Crippen LogP contribution >= 0.6 is 34.8 Å². The number of sulfonamides is 1. The maximum absolute atomic E-state index is 12.7. The topological polar surface area (TPSA) is 106 Å². The molecule has 0 saturated carbocycles. The van der Waals surface area contributed by atoms with Crippen molar-refractivity contribution in [2.24, 2.45) is 0 Å². The molecule has 0 bridgehead atoms. The van der Waals surface area contributed by atoms with Crippen molar-refractivity contribution in [1.82, 2.24) is 9.29 Å². The molecule has 1 aromatic carbocycles. The molecule has 2 aromatic rings. The van der Waals surface area contributed by atoms with Crippen molar-refractivity contribution in [2.45, 2.75) is 18.7 Å². The van der Waals surface area contributed by atoms with E-state index in [0.717, 1.165) is 6.07 Å². The van der Waals surface area contributed by atoms with Crippen molar-refractivity contribution in [3.63, 3.8) is 0 Å². The summed E-state index contributed by atoms with van der Waals surface area (Å²) in [7, 11) is -3.89. The predicted octanol–water partition coefficient (Wildman–Crippen LogP) is 3.87. The summed E-state index contributed by atoms with van der Waals surface area (Å²) in [6.45, 7) is 3.22. The van der Waals surface area contributed by atoms with Gasteiger partial charge in [-0.05, 0) is 24.3 Å². The summed E-state index contributed by atoms with van der Waals surface area (Å²) in [5.41, 5.74) is -0.0689. The molecular formula is C18H18Cl3N3O5S. The highest BCUT2D eigenvalue weighted by molar-refractivity contribution is 7.89. The largest absolute Gasteiger partial charge is 0.452 e. The molecule has 1 amide bonds. The van der Waals surface area contributed by atoms with Crippen molar-refractivity contribution in [3.8, 4) is 0 Å². The maximum Gasteiger partial charge on any atom is 0.338 e. The van der Waals surface area contributed by atoms with Crippen LogP contribution in [0.15, 0.2) is 35.4 Å². The molecule has 0 atom stereocenters. The van der Waals surface area contributed by atoms with Gasteiger partial charge < -0.3 is 10.1 Å². The van der Waals surface area contributed by atoms with Crippen LogP contribution in [-0.2, 0) is 19.6 Å². The smallest absolute Gasteiger partial charge is 0.338 e. The monoisotopic (exact) mass is 493 g/mol. The molecule has 162 valence electrons. The summed E-state index contributed by atoms with van der Waals surface area (Å²) in [5.74, 6) is -1.53. The number of halogens is 3. The van der Waals surface area contributed by atoms with Crippen LogP contribution in [0.5, 0.6) is 0 Å². The van der Waals surface area contributed by atoms with E-state index in [9.17, 15) is 18.0 Å². The molecule has 1 aromatic heterocycles. The van der Waals surface area contributed by atoms with Gasteiger partial charge in [0.05, 0.1) is 20.6 Å². The molecule has 0 spiro atoms. The number of hydrogen-bond acceptors (Lipinski definition) is 6. The van der Waals surface area contributed by atoms with E-state index in [1.807, 2.05) is 0 Å². The fourth-order valence-corrected chi connectivity index (χ4v) is 4.81. The van der Waals surface area contributed by atoms with Gasteiger partial charge >= 0.3 is 5.97 Å². The third-order valence-electron chi connectivity index (χ3n) is 3.89. The van der Waals surface area contributed by atoms with E-state index in [1.54, 1.807) is 13.8 Å². The second-order valence-electron chi connectivity index (χ2n) is 5.84. The standard InChI is InChI=1S/C18H18Cl3N3O5S/c1-3-24(4-2)30(27,28)15-7-11(5-6-13(15)20)18(26)29-10-16(25)23-17-14(21)8-12(19)9-22-17/h5-9H,3-4,10H2,1-2H3,(H,22,23,25). The first-order valence-electron chi connectivity index (χ1n) is 8.67. The van der Waals surface area contributed by atoms with Crippen LogP contribution in [0.2, 0.25) is 15.1 Å². The SMILES string of the molecule is CCN(CC)S(=O)(=O)c1cc(C(=O)OCC(=O)Nc2ncc(Cl)cc2Cl)ccc1Cl. The maximum atomic E-state index is 12.7. The van der Waals surface area contributed by atoms with E-state index in [1.165, 1.54) is 28.7 Å². The minimum absolute atomic E-state index is 0.0281. The van der Waals surface area contributed by atoms with Crippen molar-refractivity contribution in [3.05, 3.63) is 51.1 Å². The van der Waals surface area contributed by atoms with Gasteiger partial charge in [-0.1, -0.05) is 48.7 Å². The van der Waals surface area contributed by atoms with Crippen LogP contribution in [0.3, 0.4) is 0 Å². The Bertz CT molecular complexity index is 1060. The van der Waals surface area contributed by atoms with E-state index in [0.29, 0.717) is 5.02 Å². The first kappa shape index (κ1) is 24.4. The highest BCUT2D eigenvalue weighted by Crippen LogP contribution is 2.26. The Morgan fingerprint density at radius 2 is 1.77 bits per heavy atom. The van der Waals surface area contributed by atoms with Gasteiger partial charge in [0, 0.05) is 19.3 Å². The lowest BCUT2D eigenvalue weighted by Crippen LogP contribution is -2.31. The number of carbonyl (C=O) groups excluding carboxylic acids is 2. The number of aromatic nitrogens is 1. The molecule has 0 aliphatic heterocycles. The van der Waals surface area contributed by atoms with E-state index in [4.69, 9.17) is 39.5 Å². The van der Waals surface area contributed by atoms with Gasteiger partial charge in [0.15, 0.2) is 12.4 Å². The number of carbonyl (C=O) groups is 2. The summed E-state index contributed by atoms with van der Waals surface area (Å²) in [6, 6.07) is 5.10. The number of ether oxygens (including phenoxy) is 1. The molecule has 0 saturated heterocycles. The van der Waals surface area contributed by atoms with Gasteiger partial charge in [-0.15, -0.1) is 0 Å². The normalized spacial score (nSPS) is 11.4. The third kappa shape index (κ3) is 5.83. The van der Waals surface area contributed by atoms with Crippen molar-refractivity contribution >= 4 is 62.5 Å². The summed E-state index contributed by atoms with van der Waals surface area (Å²) >= 11 is 17.7. The number of hydrogen-bond donors (Lipinski definition) is 1. The zero-order valence-corrected chi connectivity index (χ0v) is 19.1. The fourth-order valence-electron chi connectivity index (χ4n) is 2.42. The van der Waals surface area contributed by atoms with E-state index in [2.05, 4.69) is 10.3 Å². The quantitative estimate of drug-likeness (QED) is 0.559. The van der Waals surface area contributed by atoms with Crippen molar-refractivity contribution in [2.75, 3.05) is 25.0 Å². The lowest BCUT2D eigenvalue weighted by molar-refractivity contribution is -0.119. The summed E-state index contributed by atoms with van der Waals surface area (Å²) in [6.07, 6.45) is 1.29. The Morgan fingerprint density at radius 3 is 2.37 bits per heavy atom. The molecule has 1 heterocycles. The predicted molar refractivity (Wildman–Crippen MR) is 115 cm³/mol. The number of nitrogens with zero attached hydrogens (tertiary/aromatic N) is 2. The number of rotatable bonds is 8. The number of nitrogens with one attached hydrogen (secondary N) is 1. The number of esters is 1. The first-order chi connectivity index (χ1) is 14.1. The minimum Gasteiger partial charge on any atom is -0.452 e. The van der Waals surface area contributed by atoms with Crippen LogP contribution in [0.1, 0.15) is 24.2 Å². The second kappa shape index (κ2) is 10.4. The molecule has 0 aliphatic rings. The molecule has 8 nitrogen and oxygen atoms in total. The number of anilines is 1. The van der Waals surface area contributed by atoms with Gasteiger partial charge in [0.25, 0.3) is 5.91 Å². The average Bonchev–Trinajstić information content (AvgIpc) is 2.69. The zero-order chi connectivity index (χ0) is 22.5. The fraction of sp³-hybridized carbons (Fsp3) is 0.278. The average molecular weight is 495 g/mol. The molecule has 2 rings (SSSR count). The van der Waals surface area contributed by atoms with Crippen molar-refractivity contribution < 1.29 is 22.7 Å². The van der Waals surface area contributed by atoms with E-state index in [-0.39, 0.29) is 39.4 Å². The van der Waals surface area contributed by atoms with E-state index < -0.39 is 28.5 Å². The van der Waals surface area contributed by atoms with Crippen LogP contribution in [0, 0.1) is 0 Å². The lowest BCUT2D eigenvalue weighted by atomic mass is 10.2. The second-order valence-corrected chi connectivity index (χ2v) is 9.00. The Kier molecular flexibility index (Phi) is 8.45. The molecule has 0 unspecified atom stereocenters. The molecule has 1 N–H and O–H groups in total. The minimum atomic E-state index is -3.89. The number of amides is 1. The summed E-state index contributed by atoms with van der Waals surface area (Å²) in [4.78, 5) is 27.9. The summed E-state index contributed by atoms with van der Waals surface area (Å²) in [5, 5.41) is 2.76. The van der Waals surface area contributed by atoms with Gasteiger partial charge in [0.1, 0.15) is 4.90 Å². The zero-order valence-electron chi connectivity index (χ0n) is 16.0. The third-order valence-corrected chi connectivity index (χ3v) is 6.92. The Morgan fingerprint density at radius 1 is 1.10 bits per heavy atom. The molecule has 0 aliphatic carbocycles. The first-order valence-corrected chi connectivity index (χ1v) is 11.2. The molecule has 0 fully saturated rings. The Balaban J connectivity index is 2.11. The van der Waals surface area contributed by atoms with Crippen LogP contribution in [0.25, 0.3) is 0 Å². The van der Waals surface area contributed by atoms with Crippen LogP contribution in [0.4, 0.5) is 5.82 Å². The molecule has 12 heteroatoms. The molecular weight excluding hydrogens is 477 g/mol. The molecule has 30 heavy (non-hydrogen) atoms. The van der Waals surface area contributed by atoms with E-state index >= 15 is 0 Å². The number of pyridine rings is 1. The number of benzene rings is 1. The summed E-state index contributed by atoms with van der Waals surface area (Å²) < 4.78 is 31.6. The van der Waals surface area contributed by atoms with Gasteiger partial charge in [-0.2, -0.15) is 4.31 Å². The molecule has 0 radical (unpaired) electrons. The highest BCUT2D eigenvalue weighted by atomic mass is 35.5. The van der Waals surface area contributed by atoms with Gasteiger partial charge in [-0.3, -0.25) is 4.79 Å². The van der Waals surface area contributed by atoms with Gasteiger partial charge in [0.2, 0.25) is 10.0 Å². The van der Waals surface area contributed by atoms with Crippen LogP contribution in [-0.4, -0.2) is 49.3 Å². The Hall–Kier alpha value is -1.91. The Labute approximate surface area is 189 Å². The van der Waals surface area contributed by atoms with Gasteiger partial charge in [-0.25, -0.2) is 18.2 Å². The lowest BCUT2D eigenvalue weighted by Gasteiger charge is -2.19.